The molecule has 0 unspecified atom stereocenters. The lowest BCUT2D eigenvalue weighted by Crippen LogP contribution is -2.23. The molecule has 146 valence electrons. The van der Waals surface area contributed by atoms with Crippen LogP contribution in [0.5, 0.6) is 5.75 Å². The quantitative estimate of drug-likeness (QED) is 0.619. The Balaban J connectivity index is 2.17. The standard InChI is InChI=1S/C22H27Cl2NO2/c1-21(2,3)14-10-11-18(15(12-14)22(4,5)6)27-13-19(26)25-17-9-7-8-16(23)20(17)24/h7-12H,13H2,1-6H3,(H,25,26). The highest BCUT2D eigenvalue weighted by atomic mass is 35.5. The van der Waals surface area contributed by atoms with Gasteiger partial charge in [0.05, 0.1) is 15.7 Å². The minimum Gasteiger partial charge on any atom is -0.483 e. The summed E-state index contributed by atoms with van der Waals surface area (Å²) >= 11 is 12.1. The van der Waals surface area contributed by atoms with E-state index in [1.165, 1.54) is 5.56 Å². The van der Waals surface area contributed by atoms with Crippen LogP contribution in [0.1, 0.15) is 52.7 Å². The van der Waals surface area contributed by atoms with Crippen LogP contribution in [0.3, 0.4) is 0 Å². The molecule has 0 atom stereocenters. The van der Waals surface area contributed by atoms with Gasteiger partial charge >= 0.3 is 0 Å². The fourth-order valence-electron chi connectivity index (χ4n) is 2.64. The first kappa shape index (κ1) is 21.6. The van der Waals surface area contributed by atoms with Gasteiger partial charge in [0.15, 0.2) is 6.61 Å². The zero-order chi connectivity index (χ0) is 20.4. The number of anilines is 1. The maximum Gasteiger partial charge on any atom is 0.262 e. The van der Waals surface area contributed by atoms with Crippen molar-refractivity contribution in [1.29, 1.82) is 0 Å². The summed E-state index contributed by atoms with van der Waals surface area (Å²) in [4.78, 5) is 12.3. The summed E-state index contributed by atoms with van der Waals surface area (Å²) in [6, 6.07) is 11.3. The zero-order valence-electron chi connectivity index (χ0n) is 16.7. The van der Waals surface area contributed by atoms with Crippen molar-refractivity contribution in [3.05, 3.63) is 57.6 Å². The fraction of sp³-hybridized carbons (Fsp3) is 0.409. The van der Waals surface area contributed by atoms with E-state index in [9.17, 15) is 4.79 Å². The minimum absolute atomic E-state index is 0.0409. The second-order valence-electron chi connectivity index (χ2n) is 8.65. The Morgan fingerprint density at radius 2 is 1.67 bits per heavy atom. The second kappa shape index (κ2) is 8.12. The average Bonchev–Trinajstić information content (AvgIpc) is 2.55. The number of hydrogen-bond donors (Lipinski definition) is 1. The molecular weight excluding hydrogens is 381 g/mol. The number of rotatable bonds is 4. The first-order valence-corrected chi connectivity index (χ1v) is 9.67. The van der Waals surface area contributed by atoms with Crippen LogP contribution in [-0.2, 0) is 15.6 Å². The number of carbonyl (C=O) groups excluding carboxylic acids is 1. The highest BCUT2D eigenvalue weighted by Gasteiger charge is 2.23. The largest absolute Gasteiger partial charge is 0.483 e. The molecule has 0 spiro atoms. The molecule has 5 heteroatoms. The van der Waals surface area contributed by atoms with Crippen molar-refractivity contribution in [3.63, 3.8) is 0 Å². The second-order valence-corrected chi connectivity index (χ2v) is 9.43. The van der Waals surface area contributed by atoms with E-state index < -0.39 is 0 Å². The van der Waals surface area contributed by atoms with Crippen molar-refractivity contribution in [2.75, 3.05) is 11.9 Å². The SMILES string of the molecule is CC(C)(C)c1ccc(OCC(=O)Nc2cccc(Cl)c2Cl)c(C(C)(C)C)c1. The van der Waals surface area contributed by atoms with Crippen molar-refractivity contribution in [2.45, 2.75) is 52.4 Å². The molecular formula is C22H27Cl2NO2. The van der Waals surface area contributed by atoms with Gasteiger partial charge in [-0.15, -0.1) is 0 Å². The molecule has 2 aromatic carbocycles. The molecule has 0 saturated heterocycles. The third-order valence-electron chi connectivity index (χ3n) is 4.24. The Morgan fingerprint density at radius 1 is 1.00 bits per heavy atom. The Kier molecular flexibility index (Phi) is 6.49. The van der Waals surface area contributed by atoms with E-state index in [-0.39, 0.29) is 23.3 Å². The van der Waals surface area contributed by atoms with Crippen LogP contribution in [-0.4, -0.2) is 12.5 Å². The van der Waals surface area contributed by atoms with Crippen molar-refractivity contribution < 1.29 is 9.53 Å². The highest BCUT2D eigenvalue weighted by molar-refractivity contribution is 6.43. The van der Waals surface area contributed by atoms with Crippen molar-refractivity contribution in [3.8, 4) is 5.75 Å². The van der Waals surface area contributed by atoms with Crippen molar-refractivity contribution >= 4 is 34.8 Å². The summed E-state index contributed by atoms with van der Waals surface area (Å²) in [7, 11) is 0. The van der Waals surface area contributed by atoms with E-state index in [1.807, 2.05) is 6.07 Å². The van der Waals surface area contributed by atoms with Gasteiger partial charge in [0.1, 0.15) is 5.75 Å². The van der Waals surface area contributed by atoms with E-state index in [1.54, 1.807) is 18.2 Å². The van der Waals surface area contributed by atoms with Gasteiger partial charge in [-0.3, -0.25) is 4.79 Å². The van der Waals surface area contributed by atoms with Gasteiger partial charge in [-0.05, 0) is 40.2 Å². The van der Waals surface area contributed by atoms with Crippen LogP contribution in [0.2, 0.25) is 10.0 Å². The molecule has 0 heterocycles. The molecule has 0 aliphatic heterocycles. The molecule has 1 amide bonds. The van der Waals surface area contributed by atoms with Crippen LogP contribution in [0.4, 0.5) is 5.69 Å². The molecule has 0 radical (unpaired) electrons. The molecule has 2 rings (SSSR count). The average molecular weight is 408 g/mol. The van der Waals surface area contributed by atoms with Crippen LogP contribution in [0, 0.1) is 0 Å². The molecule has 1 N–H and O–H groups in total. The van der Waals surface area contributed by atoms with Gasteiger partial charge in [-0.1, -0.05) is 82.9 Å². The smallest absolute Gasteiger partial charge is 0.262 e. The number of amides is 1. The lowest BCUT2D eigenvalue weighted by atomic mass is 9.80. The van der Waals surface area contributed by atoms with Crippen LogP contribution in [0.25, 0.3) is 0 Å². The summed E-state index contributed by atoms with van der Waals surface area (Å²) in [6.07, 6.45) is 0. The highest BCUT2D eigenvalue weighted by Crippen LogP contribution is 2.35. The number of carbonyl (C=O) groups is 1. The van der Waals surface area contributed by atoms with E-state index in [0.717, 1.165) is 5.56 Å². The normalized spacial score (nSPS) is 12.0. The minimum atomic E-state index is -0.293. The van der Waals surface area contributed by atoms with E-state index in [4.69, 9.17) is 27.9 Å². The summed E-state index contributed by atoms with van der Waals surface area (Å²) < 4.78 is 5.85. The van der Waals surface area contributed by atoms with Crippen LogP contribution in [0.15, 0.2) is 36.4 Å². The fourth-order valence-corrected chi connectivity index (χ4v) is 2.99. The molecule has 0 aliphatic carbocycles. The van der Waals surface area contributed by atoms with E-state index in [2.05, 4.69) is 59.0 Å². The summed E-state index contributed by atoms with van der Waals surface area (Å²) in [5.74, 6) is 0.418. The zero-order valence-corrected chi connectivity index (χ0v) is 18.3. The third kappa shape index (κ3) is 5.63. The monoisotopic (exact) mass is 407 g/mol. The van der Waals surface area contributed by atoms with E-state index in [0.29, 0.717) is 21.5 Å². The topological polar surface area (TPSA) is 38.3 Å². The van der Waals surface area contributed by atoms with Crippen LogP contribution >= 0.6 is 23.2 Å². The third-order valence-corrected chi connectivity index (χ3v) is 5.06. The van der Waals surface area contributed by atoms with Crippen LogP contribution < -0.4 is 10.1 Å². The molecule has 27 heavy (non-hydrogen) atoms. The maximum atomic E-state index is 12.3. The Morgan fingerprint density at radius 3 is 2.26 bits per heavy atom. The maximum absolute atomic E-state index is 12.3. The summed E-state index contributed by atoms with van der Waals surface area (Å²) in [5, 5.41) is 3.44. The molecule has 0 saturated carbocycles. The van der Waals surface area contributed by atoms with Gasteiger partial charge < -0.3 is 10.1 Å². The van der Waals surface area contributed by atoms with Gasteiger partial charge in [0.25, 0.3) is 5.91 Å². The van der Waals surface area contributed by atoms with Crippen molar-refractivity contribution in [1.82, 2.24) is 0 Å². The van der Waals surface area contributed by atoms with Gasteiger partial charge in [-0.2, -0.15) is 0 Å². The number of ether oxygens (including phenoxy) is 1. The molecule has 0 aliphatic rings. The number of benzene rings is 2. The van der Waals surface area contributed by atoms with E-state index >= 15 is 0 Å². The molecule has 0 bridgehead atoms. The number of nitrogens with one attached hydrogen (secondary N) is 1. The number of hydrogen-bond acceptors (Lipinski definition) is 2. The van der Waals surface area contributed by atoms with Gasteiger partial charge in [-0.25, -0.2) is 0 Å². The summed E-state index contributed by atoms with van der Waals surface area (Å²) in [6.45, 7) is 12.8. The lowest BCUT2D eigenvalue weighted by molar-refractivity contribution is -0.118. The molecule has 0 fully saturated rings. The lowest BCUT2D eigenvalue weighted by Gasteiger charge is -2.27. The summed E-state index contributed by atoms with van der Waals surface area (Å²) in [5.41, 5.74) is 2.71. The molecule has 0 aromatic heterocycles. The Labute approximate surface area is 172 Å². The predicted molar refractivity (Wildman–Crippen MR) is 114 cm³/mol. The predicted octanol–water partition coefficient (Wildman–Crippen LogP) is 6.61. The Bertz CT molecular complexity index is 833. The number of halogens is 2. The Hall–Kier alpha value is -1.71. The first-order chi connectivity index (χ1) is 12.4. The van der Waals surface area contributed by atoms with Crippen molar-refractivity contribution in [2.24, 2.45) is 0 Å². The van der Waals surface area contributed by atoms with Gasteiger partial charge in [0.2, 0.25) is 0 Å². The van der Waals surface area contributed by atoms with Gasteiger partial charge in [0, 0.05) is 0 Å². The molecule has 3 nitrogen and oxygen atoms in total. The first-order valence-electron chi connectivity index (χ1n) is 8.91. The molecule has 2 aromatic rings.